The fraction of sp³-hybridized carbons (Fsp3) is 0.320. The summed E-state index contributed by atoms with van der Waals surface area (Å²) in [4.78, 5) is 24.2. The van der Waals surface area contributed by atoms with Crippen molar-refractivity contribution in [2.75, 3.05) is 37.5 Å². The third-order valence-corrected chi connectivity index (χ3v) is 5.76. The van der Waals surface area contributed by atoms with Crippen molar-refractivity contribution >= 4 is 17.4 Å². The molecule has 0 saturated carbocycles. The van der Waals surface area contributed by atoms with Crippen LogP contribution in [0.1, 0.15) is 18.4 Å². The van der Waals surface area contributed by atoms with E-state index >= 15 is 0 Å². The number of hydrogen-bond acceptors (Lipinski definition) is 6. The summed E-state index contributed by atoms with van der Waals surface area (Å²) in [5, 5.41) is 3.01. The van der Waals surface area contributed by atoms with Gasteiger partial charge >= 0.3 is 0 Å². The number of nitrogens with one attached hydrogen (secondary N) is 1. The molecule has 3 aromatic rings. The van der Waals surface area contributed by atoms with Crippen LogP contribution in [0.2, 0.25) is 0 Å². The molecule has 1 amide bonds. The summed E-state index contributed by atoms with van der Waals surface area (Å²) in [6, 6.07) is 15.5. The largest absolute Gasteiger partial charge is 0.493 e. The molecule has 32 heavy (non-hydrogen) atoms. The number of hydrogen-bond donors (Lipinski definition) is 1. The lowest BCUT2D eigenvalue weighted by Gasteiger charge is -2.32. The fourth-order valence-corrected chi connectivity index (χ4v) is 3.98. The average Bonchev–Trinajstić information content (AvgIpc) is 2.84. The van der Waals surface area contributed by atoms with E-state index in [0.29, 0.717) is 17.2 Å². The molecule has 1 aliphatic heterocycles. The van der Waals surface area contributed by atoms with E-state index in [1.807, 2.05) is 24.3 Å². The van der Waals surface area contributed by atoms with Crippen LogP contribution in [0, 0.1) is 12.8 Å². The van der Waals surface area contributed by atoms with Gasteiger partial charge in [-0.15, -0.1) is 0 Å². The molecule has 2 heterocycles. The van der Waals surface area contributed by atoms with Crippen LogP contribution in [0.15, 0.2) is 54.7 Å². The Morgan fingerprint density at radius 2 is 1.81 bits per heavy atom. The summed E-state index contributed by atoms with van der Waals surface area (Å²) < 4.78 is 10.6. The summed E-state index contributed by atoms with van der Waals surface area (Å²) in [6.45, 7) is 3.60. The first-order valence-electron chi connectivity index (χ1n) is 10.8. The molecular formula is C25H28N4O3. The van der Waals surface area contributed by atoms with Crippen molar-refractivity contribution < 1.29 is 14.3 Å². The van der Waals surface area contributed by atoms with E-state index < -0.39 is 0 Å². The summed E-state index contributed by atoms with van der Waals surface area (Å²) in [7, 11) is 3.17. The van der Waals surface area contributed by atoms with E-state index in [0.717, 1.165) is 43.1 Å². The Bertz CT molecular complexity index is 1090. The lowest BCUT2D eigenvalue weighted by atomic mass is 9.95. The van der Waals surface area contributed by atoms with Gasteiger partial charge in [0.25, 0.3) is 0 Å². The van der Waals surface area contributed by atoms with Crippen molar-refractivity contribution in [1.82, 2.24) is 9.97 Å². The third kappa shape index (κ3) is 4.82. The van der Waals surface area contributed by atoms with Crippen molar-refractivity contribution in [2.24, 2.45) is 5.92 Å². The maximum atomic E-state index is 12.8. The molecule has 1 aromatic heterocycles. The van der Waals surface area contributed by atoms with Gasteiger partial charge in [-0.05, 0) is 44.0 Å². The van der Waals surface area contributed by atoms with E-state index in [-0.39, 0.29) is 11.8 Å². The molecule has 7 nitrogen and oxygen atoms in total. The standard InChI is InChI=1S/C25H28N4O3/c1-17-5-4-6-19(15-17)24-26-12-9-23(28-24)29-13-10-18(11-14-29)25(30)27-20-7-8-21(31-2)22(16-20)32-3/h4-9,12,15-16,18H,10-11,13-14H2,1-3H3,(H,27,30). The highest BCUT2D eigenvalue weighted by Crippen LogP contribution is 2.31. The van der Waals surface area contributed by atoms with Gasteiger partial charge in [0.2, 0.25) is 5.91 Å². The quantitative estimate of drug-likeness (QED) is 0.625. The van der Waals surface area contributed by atoms with Crippen molar-refractivity contribution in [3.05, 3.63) is 60.3 Å². The Morgan fingerprint density at radius 1 is 1.03 bits per heavy atom. The van der Waals surface area contributed by atoms with Crippen LogP contribution >= 0.6 is 0 Å². The van der Waals surface area contributed by atoms with Gasteiger partial charge in [-0.2, -0.15) is 0 Å². The van der Waals surface area contributed by atoms with Gasteiger partial charge in [-0.1, -0.05) is 23.8 Å². The number of aromatic nitrogens is 2. The number of ether oxygens (including phenoxy) is 2. The number of carbonyl (C=O) groups excluding carboxylic acids is 1. The number of methoxy groups -OCH3 is 2. The van der Waals surface area contributed by atoms with Crippen LogP contribution in [-0.2, 0) is 4.79 Å². The Labute approximate surface area is 188 Å². The number of aryl methyl sites for hydroxylation is 1. The summed E-state index contributed by atoms with van der Waals surface area (Å²) in [5.74, 6) is 2.83. The van der Waals surface area contributed by atoms with Crippen LogP contribution < -0.4 is 19.7 Å². The second-order valence-electron chi connectivity index (χ2n) is 7.93. The van der Waals surface area contributed by atoms with Crippen molar-refractivity contribution in [1.29, 1.82) is 0 Å². The van der Waals surface area contributed by atoms with Gasteiger partial charge in [0, 0.05) is 42.5 Å². The lowest BCUT2D eigenvalue weighted by molar-refractivity contribution is -0.120. The Kier molecular flexibility index (Phi) is 6.54. The highest BCUT2D eigenvalue weighted by molar-refractivity contribution is 5.93. The molecule has 0 spiro atoms. The number of carbonyl (C=O) groups is 1. The number of anilines is 2. The van der Waals surface area contributed by atoms with Crippen LogP contribution in [0.3, 0.4) is 0 Å². The number of benzene rings is 2. The topological polar surface area (TPSA) is 76.6 Å². The van der Waals surface area contributed by atoms with Crippen LogP contribution in [0.5, 0.6) is 11.5 Å². The monoisotopic (exact) mass is 432 g/mol. The molecule has 0 bridgehead atoms. The Morgan fingerprint density at radius 3 is 2.53 bits per heavy atom. The predicted octanol–water partition coefficient (Wildman–Crippen LogP) is 4.32. The molecule has 1 fully saturated rings. The van der Waals surface area contributed by atoms with Crippen molar-refractivity contribution in [3.8, 4) is 22.9 Å². The first-order valence-corrected chi connectivity index (χ1v) is 10.8. The minimum Gasteiger partial charge on any atom is -0.493 e. The van der Waals surface area contributed by atoms with Gasteiger partial charge in [0.15, 0.2) is 17.3 Å². The first kappa shape index (κ1) is 21.6. The smallest absolute Gasteiger partial charge is 0.227 e. The molecular weight excluding hydrogens is 404 g/mol. The highest BCUT2D eigenvalue weighted by atomic mass is 16.5. The van der Waals surface area contributed by atoms with Crippen LogP contribution in [0.25, 0.3) is 11.4 Å². The molecule has 2 aromatic carbocycles. The van der Waals surface area contributed by atoms with Crippen molar-refractivity contribution in [3.63, 3.8) is 0 Å². The summed E-state index contributed by atoms with van der Waals surface area (Å²) in [5.41, 5.74) is 2.89. The Hall–Kier alpha value is -3.61. The fourth-order valence-electron chi connectivity index (χ4n) is 3.98. The molecule has 0 atom stereocenters. The average molecular weight is 433 g/mol. The zero-order valence-corrected chi connectivity index (χ0v) is 18.7. The molecule has 166 valence electrons. The van der Waals surface area contributed by atoms with E-state index in [2.05, 4.69) is 34.3 Å². The van der Waals surface area contributed by atoms with Gasteiger partial charge in [0.05, 0.1) is 14.2 Å². The molecule has 1 aliphatic rings. The molecule has 0 aliphatic carbocycles. The Balaban J connectivity index is 1.38. The normalized spacial score (nSPS) is 14.2. The number of nitrogens with zero attached hydrogens (tertiary/aromatic N) is 3. The van der Waals surface area contributed by atoms with Crippen molar-refractivity contribution in [2.45, 2.75) is 19.8 Å². The summed E-state index contributed by atoms with van der Waals surface area (Å²) >= 11 is 0. The molecule has 0 unspecified atom stereocenters. The minimum absolute atomic E-state index is 0.0278. The maximum Gasteiger partial charge on any atom is 0.227 e. The third-order valence-electron chi connectivity index (χ3n) is 5.76. The summed E-state index contributed by atoms with van der Waals surface area (Å²) in [6.07, 6.45) is 3.33. The zero-order chi connectivity index (χ0) is 22.5. The molecule has 4 rings (SSSR count). The van der Waals surface area contributed by atoms with E-state index in [9.17, 15) is 4.79 Å². The second kappa shape index (κ2) is 9.68. The number of amides is 1. The molecule has 1 saturated heterocycles. The van der Waals surface area contributed by atoms with Crippen LogP contribution in [-0.4, -0.2) is 43.2 Å². The van der Waals surface area contributed by atoms with Gasteiger partial charge in [-0.25, -0.2) is 9.97 Å². The maximum absolute atomic E-state index is 12.8. The van der Waals surface area contributed by atoms with Gasteiger partial charge in [0.1, 0.15) is 5.82 Å². The SMILES string of the molecule is COc1ccc(NC(=O)C2CCN(c3ccnc(-c4cccc(C)c4)n3)CC2)cc1OC. The minimum atomic E-state index is -0.0440. The van der Waals surface area contributed by atoms with Gasteiger partial charge < -0.3 is 19.7 Å². The first-order chi connectivity index (χ1) is 15.6. The molecule has 7 heteroatoms. The van der Waals surface area contributed by atoms with E-state index in [1.54, 1.807) is 32.5 Å². The van der Waals surface area contributed by atoms with E-state index in [1.165, 1.54) is 5.56 Å². The lowest BCUT2D eigenvalue weighted by Crippen LogP contribution is -2.38. The second-order valence-corrected chi connectivity index (χ2v) is 7.93. The van der Waals surface area contributed by atoms with Crippen LogP contribution in [0.4, 0.5) is 11.5 Å². The zero-order valence-electron chi connectivity index (χ0n) is 18.7. The predicted molar refractivity (Wildman–Crippen MR) is 125 cm³/mol. The molecule has 0 radical (unpaired) electrons. The van der Waals surface area contributed by atoms with E-state index in [4.69, 9.17) is 14.5 Å². The number of piperidine rings is 1. The number of rotatable bonds is 6. The van der Waals surface area contributed by atoms with Gasteiger partial charge in [-0.3, -0.25) is 4.79 Å². The molecule has 1 N–H and O–H groups in total. The highest BCUT2D eigenvalue weighted by Gasteiger charge is 2.26.